The maximum atomic E-state index is 12.9. The fourth-order valence-electron chi connectivity index (χ4n) is 3.11. The Morgan fingerprint density at radius 1 is 1.24 bits per heavy atom. The topological polar surface area (TPSA) is 29.5 Å². The Morgan fingerprint density at radius 2 is 1.95 bits per heavy atom. The van der Waals surface area contributed by atoms with Crippen LogP contribution < -0.4 is 4.74 Å². The summed E-state index contributed by atoms with van der Waals surface area (Å²) >= 11 is 0. The van der Waals surface area contributed by atoms with E-state index < -0.39 is 0 Å². The molecule has 1 aromatic rings. The summed E-state index contributed by atoms with van der Waals surface area (Å²) in [7, 11) is 1.68. The molecule has 1 heterocycles. The molecule has 1 atom stereocenters. The van der Waals surface area contributed by atoms with Crippen molar-refractivity contribution in [2.75, 3.05) is 20.2 Å². The van der Waals surface area contributed by atoms with Crippen LogP contribution in [-0.4, -0.2) is 31.0 Å². The molecule has 1 aromatic carbocycles. The number of nitrogens with zero attached hydrogens (tertiary/aromatic N) is 1. The Balaban J connectivity index is 2.22. The molecular weight excluding hydrogens is 262 g/mol. The smallest absolute Gasteiger partial charge is 0.230 e. The third kappa shape index (κ3) is 3.99. The standard InChI is InChI=1S/C18H27NO2/c1-3-4-10-16(15-11-6-7-12-17(15)21-2)18(20)19-13-8-5-9-14-19/h6-7,11-12,16H,3-5,8-10,13-14H2,1-2H3. The van der Waals surface area contributed by atoms with Crippen LogP contribution in [0.25, 0.3) is 0 Å². The van der Waals surface area contributed by atoms with Crippen molar-refractivity contribution in [3.8, 4) is 5.75 Å². The quantitative estimate of drug-likeness (QED) is 0.792. The molecular formula is C18H27NO2. The number of rotatable bonds is 6. The van der Waals surface area contributed by atoms with E-state index in [-0.39, 0.29) is 11.8 Å². The van der Waals surface area contributed by atoms with E-state index in [0.717, 1.165) is 56.5 Å². The van der Waals surface area contributed by atoms with Gasteiger partial charge in [-0.1, -0.05) is 38.0 Å². The maximum absolute atomic E-state index is 12.9. The van der Waals surface area contributed by atoms with Gasteiger partial charge in [-0.25, -0.2) is 0 Å². The second kappa shape index (κ2) is 8.06. The summed E-state index contributed by atoms with van der Waals surface area (Å²) in [5.74, 6) is 1.07. The fraction of sp³-hybridized carbons (Fsp3) is 0.611. The Hall–Kier alpha value is -1.51. The highest BCUT2D eigenvalue weighted by atomic mass is 16.5. The highest BCUT2D eigenvalue weighted by Gasteiger charge is 2.28. The van der Waals surface area contributed by atoms with Gasteiger partial charge >= 0.3 is 0 Å². The van der Waals surface area contributed by atoms with Gasteiger partial charge in [0.25, 0.3) is 0 Å². The number of hydrogen-bond acceptors (Lipinski definition) is 2. The Labute approximate surface area is 128 Å². The molecule has 3 nitrogen and oxygen atoms in total. The number of benzene rings is 1. The van der Waals surface area contributed by atoms with Gasteiger partial charge in [-0.15, -0.1) is 0 Å². The van der Waals surface area contributed by atoms with E-state index in [1.54, 1.807) is 7.11 Å². The van der Waals surface area contributed by atoms with Crippen LogP contribution in [0.15, 0.2) is 24.3 Å². The third-order valence-electron chi connectivity index (χ3n) is 4.33. The second-order valence-electron chi connectivity index (χ2n) is 5.82. The average Bonchev–Trinajstić information content (AvgIpc) is 2.56. The van der Waals surface area contributed by atoms with Crippen molar-refractivity contribution in [3.05, 3.63) is 29.8 Å². The fourth-order valence-corrected chi connectivity index (χ4v) is 3.11. The van der Waals surface area contributed by atoms with Crippen molar-refractivity contribution in [3.63, 3.8) is 0 Å². The molecule has 0 aliphatic carbocycles. The number of carbonyl (C=O) groups is 1. The molecule has 1 saturated heterocycles. The molecule has 21 heavy (non-hydrogen) atoms. The number of amides is 1. The molecule has 116 valence electrons. The lowest BCUT2D eigenvalue weighted by Gasteiger charge is -2.31. The first-order chi connectivity index (χ1) is 10.3. The van der Waals surface area contributed by atoms with Gasteiger partial charge in [-0.2, -0.15) is 0 Å². The van der Waals surface area contributed by atoms with Gasteiger partial charge in [-0.3, -0.25) is 4.79 Å². The molecule has 0 bridgehead atoms. The van der Waals surface area contributed by atoms with E-state index in [1.807, 2.05) is 24.3 Å². The molecule has 0 N–H and O–H groups in total. The van der Waals surface area contributed by atoms with Gasteiger partial charge in [0.2, 0.25) is 5.91 Å². The Bertz CT molecular complexity index is 452. The van der Waals surface area contributed by atoms with E-state index in [0.29, 0.717) is 0 Å². The lowest BCUT2D eigenvalue weighted by atomic mass is 9.90. The monoisotopic (exact) mass is 289 g/mol. The highest BCUT2D eigenvalue weighted by molar-refractivity contribution is 5.84. The van der Waals surface area contributed by atoms with Crippen LogP contribution in [0.4, 0.5) is 0 Å². The van der Waals surface area contributed by atoms with E-state index in [1.165, 1.54) is 6.42 Å². The van der Waals surface area contributed by atoms with Gasteiger partial charge < -0.3 is 9.64 Å². The van der Waals surface area contributed by atoms with Crippen molar-refractivity contribution in [2.45, 2.75) is 51.4 Å². The van der Waals surface area contributed by atoms with Gasteiger partial charge in [0.05, 0.1) is 13.0 Å². The van der Waals surface area contributed by atoms with Crippen LogP contribution in [0.3, 0.4) is 0 Å². The maximum Gasteiger partial charge on any atom is 0.230 e. The van der Waals surface area contributed by atoms with Crippen molar-refractivity contribution in [1.82, 2.24) is 4.90 Å². The van der Waals surface area contributed by atoms with Crippen LogP contribution >= 0.6 is 0 Å². The summed E-state index contributed by atoms with van der Waals surface area (Å²) in [5, 5.41) is 0. The molecule has 0 spiro atoms. The summed E-state index contributed by atoms with van der Waals surface area (Å²) in [6.07, 6.45) is 6.61. The second-order valence-corrected chi connectivity index (χ2v) is 5.82. The van der Waals surface area contributed by atoms with E-state index in [9.17, 15) is 4.79 Å². The number of ether oxygens (including phenoxy) is 1. The van der Waals surface area contributed by atoms with Gasteiger partial charge in [-0.05, 0) is 31.7 Å². The van der Waals surface area contributed by atoms with E-state index in [2.05, 4.69) is 11.8 Å². The van der Waals surface area contributed by atoms with E-state index >= 15 is 0 Å². The predicted molar refractivity (Wildman–Crippen MR) is 85.7 cm³/mol. The normalized spacial score (nSPS) is 16.6. The number of para-hydroxylation sites is 1. The minimum Gasteiger partial charge on any atom is -0.496 e. The lowest BCUT2D eigenvalue weighted by Crippen LogP contribution is -2.39. The number of piperidine rings is 1. The molecule has 1 unspecified atom stereocenters. The van der Waals surface area contributed by atoms with Crippen LogP contribution in [0, 0.1) is 0 Å². The first kappa shape index (κ1) is 15.9. The van der Waals surface area contributed by atoms with Crippen molar-refractivity contribution >= 4 is 5.91 Å². The Morgan fingerprint density at radius 3 is 2.62 bits per heavy atom. The van der Waals surface area contributed by atoms with E-state index in [4.69, 9.17) is 4.74 Å². The van der Waals surface area contributed by atoms with Gasteiger partial charge in [0, 0.05) is 18.7 Å². The van der Waals surface area contributed by atoms with Crippen LogP contribution in [0.5, 0.6) is 5.75 Å². The summed E-state index contributed by atoms with van der Waals surface area (Å²) in [4.78, 5) is 15.0. The van der Waals surface area contributed by atoms with Gasteiger partial charge in [0.1, 0.15) is 5.75 Å². The number of likely N-dealkylation sites (tertiary alicyclic amines) is 1. The molecule has 1 amide bonds. The largest absolute Gasteiger partial charge is 0.496 e. The number of carbonyl (C=O) groups excluding carboxylic acids is 1. The molecule has 1 aliphatic rings. The van der Waals surface area contributed by atoms with Crippen LogP contribution in [-0.2, 0) is 4.79 Å². The molecule has 2 rings (SSSR count). The van der Waals surface area contributed by atoms with Crippen molar-refractivity contribution in [1.29, 1.82) is 0 Å². The van der Waals surface area contributed by atoms with Crippen molar-refractivity contribution in [2.24, 2.45) is 0 Å². The Kier molecular flexibility index (Phi) is 6.09. The molecule has 1 aliphatic heterocycles. The summed E-state index contributed by atoms with van der Waals surface area (Å²) in [6, 6.07) is 7.96. The zero-order valence-electron chi connectivity index (χ0n) is 13.3. The molecule has 0 saturated carbocycles. The van der Waals surface area contributed by atoms with Crippen LogP contribution in [0.2, 0.25) is 0 Å². The highest BCUT2D eigenvalue weighted by Crippen LogP contribution is 2.32. The van der Waals surface area contributed by atoms with Gasteiger partial charge in [0.15, 0.2) is 0 Å². The molecule has 1 fully saturated rings. The van der Waals surface area contributed by atoms with Crippen molar-refractivity contribution < 1.29 is 9.53 Å². The number of unbranched alkanes of at least 4 members (excludes halogenated alkanes) is 1. The van der Waals surface area contributed by atoms with Crippen LogP contribution in [0.1, 0.15) is 56.9 Å². The first-order valence-corrected chi connectivity index (χ1v) is 8.19. The lowest BCUT2D eigenvalue weighted by molar-refractivity contribution is -0.134. The minimum absolute atomic E-state index is 0.0563. The molecule has 0 radical (unpaired) electrons. The summed E-state index contributed by atoms with van der Waals surface area (Å²) < 4.78 is 5.47. The molecule has 0 aromatic heterocycles. The minimum atomic E-state index is -0.0563. The summed E-state index contributed by atoms with van der Waals surface area (Å²) in [6.45, 7) is 4.00. The number of hydrogen-bond donors (Lipinski definition) is 0. The SMILES string of the molecule is CCCCC(C(=O)N1CCCCC1)c1ccccc1OC. The zero-order chi connectivity index (χ0) is 15.1. The average molecular weight is 289 g/mol. The third-order valence-corrected chi connectivity index (χ3v) is 4.33. The summed E-state index contributed by atoms with van der Waals surface area (Å²) in [5.41, 5.74) is 1.05. The predicted octanol–water partition coefficient (Wildman–Crippen LogP) is 3.98. The number of methoxy groups -OCH3 is 1. The zero-order valence-corrected chi connectivity index (χ0v) is 13.3. The molecule has 3 heteroatoms. The first-order valence-electron chi connectivity index (χ1n) is 8.19.